The molecule has 94 valence electrons. The maximum Gasteiger partial charge on any atom is 0.313 e. The van der Waals surface area contributed by atoms with Crippen molar-refractivity contribution < 1.29 is 9.53 Å². The zero-order chi connectivity index (χ0) is 12.0. The van der Waals surface area contributed by atoms with Gasteiger partial charge in [0.25, 0.3) is 0 Å². The van der Waals surface area contributed by atoms with Gasteiger partial charge in [-0.2, -0.15) is 0 Å². The van der Waals surface area contributed by atoms with E-state index in [0.717, 1.165) is 45.2 Å². The Bertz CT molecular complexity index is 216. The molecule has 2 atom stereocenters. The highest BCUT2D eigenvalue weighted by Gasteiger charge is 2.40. The molecule has 1 fully saturated rings. The summed E-state index contributed by atoms with van der Waals surface area (Å²) in [6, 6.07) is 0. The quantitative estimate of drug-likeness (QED) is 0.733. The lowest BCUT2D eigenvalue weighted by atomic mass is 9.77. The summed E-state index contributed by atoms with van der Waals surface area (Å²) in [4.78, 5) is 12.2. The molecule has 0 aliphatic carbocycles. The SMILES string of the molecule is CCCC1(C(=O)OC(C)CC)CCCNC1. The minimum Gasteiger partial charge on any atom is -0.462 e. The van der Waals surface area contributed by atoms with Crippen LogP contribution in [0.1, 0.15) is 52.9 Å². The van der Waals surface area contributed by atoms with E-state index in [1.807, 2.05) is 13.8 Å². The van der Waals surface area contributed by atoms with Crippen molar-refractivity contribution in [3.63, 3.8) is 0 Å². The van der Waals surface area contributed by atoms with Gasteiger partial charge in [-0.15, -0.1) is 0 Å². The standard InChI is InChI=1S/C13H25NO2/c1-4-7-13(8-6-9-14-10-13)12(15)16-11(3)5-2/h11,14H,4-10H2,1-3H3. The van der Waals surface area contributed by atoms with E-state index in [4.69, 9.17) is 4.74 Å². The molecule has 1 aliphatic heterocycles. The smallest absolute Gasteiger partial charge is 0.313 e. The third kappa shape index (κ3) is 3.21. The lowest BCUT2D eigenvalue weighted by Crippen LogP contribution is -2.47. The zero-order valence-corrected chi connectivity index (χ0v) is 10.8. The first-order valence-corrected chi connectivity index (χ1v) is 6.56. The van der Waals surface area contributed by atoms with E-state index in [0.29, 0.717) is 0 Å². The number of ether oxygens (including phenoxy) is 1. The summed E-state index contributed by atoms with van der Waals surface area (Å²) in [5, 5.41) is 3.33. The Morgan fingerprint density at radius 1 is 1.50 bits per heavy atom. The number of nitrogens with one attached hydrogen (secondary N) is 1. The largest absolute Gasteiger partial charge is 0.462 e. The summed E-state index contributed by atoms with van der Waals surface area (Å²) < 4.78 is 5.52. The predicted octanol–water partition coefficient (Wildman–Crippen LogP) is 2.50. The van der Waals surface area contributed by atoms with Crippen LogP contribution in [-0.4, -0.2) is 25.2 Å². The van der Waals surface area contributed by atoms with Gasteiger partial charge in [0.1, 0.15) is 0 Å². The molecule has 1 heterocycles. The molecule has 1 N–H and O–H groups in total. The minimum absolute atomic E-state index is 0.0101. The van der Waals surface area contributed by atoms with Crippen LogP contribution in [0.4, 0.5) is 0 Å². The van der Waals surface area contributed by atoms with Crippen LogP contribution in [0.5, 0.6) is 0 Å². The molecular weight excluding hydrogens is 202 g/mol. The van der Waals surface area contributed by atoms with Gasteiger partial charge in [0.15, 0.2) is 0 Å². The molecule has 1 saturated heterocycles. The van der Waals surface area contributed by atoms with E-state index in [9.17, 15) is 4.79 Å². The Balaban J connectivity index is 2.64. The molecule has 0 aromatic carbocycles. The van der Waals surface area contributed by atoms with E-state index in [2.05, 4.69) is 12.2 Å². The molecule has 0 spiro atoms. The molecule has 2 unspecified atom stereocenters. The van der Waals surface area contributed by atoms with Crippen LogP contribution < -0.4 is 5.32 Å². The second-order valence-corrected chi connectivity index (χ2v) is 4.93. The van der Waals surface area contributed by atoms with Gasteiger partial charge in [-0.05, 0) is 39.2 Å². The van der Waals surface area contributed by atoms with Gasteiger partial charge < -0.3 is 10.1 Å². The maximum atomic E-state index is 12.2. The first-order chi connectivity index (χ1) is 7.64. The molecule has 3 heteroatoms. The van der Waals surface area contributed by atoms with Crippen molar-refractivity contribution in [2.75, 3.05) is 13.1 Å². The minimum atomic E-state index is -0.254. The first-order valence-electron chi connectivity index (χ1n) is 6.56. The first kappa shape index (κ1) is 13.5. The Hall–Kier alpha value is -0.570. The van der Waals surface area contributed by atoms with Crippen LogP contribution in [0.2, 0.25) is 0 Å². The van der Waals surface area contributed by atoms with E-state index in [1.54, 1.807) is 0 Å². The van der Waals surface area contributed by atoms with Crippen LogP contribution >= 0.6 is 0 Å². The summed E-state index contributed by atoms with van der Waals surface area (Å²) in [5.74, 6) is 0.0101. The summed E-state index contributed by atoms with van der Waals surface area (Å²) in [6.07, 6.45) is 4.97. The second-order valence-electron chi connectivity index (χ2n) is 4.93. The fourth-order valence-corrected chi connectivity index (χ4v) is 2.33. The lowest BCUT2D eigenvalue weighted by Gasteiger charge is -2.36. The van der Waals surface area contributed by atoms with Crippen LogP contribution in [0.15, 0.2) is 0 Å². The third-order valence-electron chi connectivity index (χ3n) is 3.52. The van der Waals surface area contributed by atoms with Gasteiger partial charge in [0.05, 0.1) is 11.5 Å². The van der Waals surface area contributed by atoms with Gasteiger partial charge in [-0.25, -0.2) is 0 Å². The molecule has 1 aliphatic rings. The van der Waals surface area contributed by atoms with Crippen molar-refractivity contribution in [1.82, 2.24) is 5.32 Å². The number of hydrogen-bond acceptors (Lipinski definition) is 3. The summed E-state index contributed by atoms with van der Waals surface area (Å²) in [6.45, 7) is 7.96. The molecule has 16 heavy (non-hydrogen) atoms. The zero-order valence-electron chi connectivity index (χ0n) is 10.8. The third-order valence-corrected chi connectivity index (χ3v) is 3.52. The second kappa shape index (κ2) is 6.24. The summed E-state index contributed by atoms with van der Waals surface area (Å²) in [5.41, 5.74) is -0.254. The van der Waals surface area contributed by atoms with Crippen LogP contribution in [-0.2, 0) is 9.53 Å². The fourth-order valence-electron chi connectivity index (χ4n) is 2.33. The number of piperidine rings is 1. The van der Waals surface area contributed by atoms with Crippen molar-refractivity contribution in [2.24, 2.45) is 5.41 Å². The van der Waals surface area contributed by atoms with Crippen molar-refractivity contribution >= 4 is 5.97 Å². The van der Waals surface area contributed by atoms with E-state index in [1.165, 1.54) is 0 Å². The van der Waals surface area contributed by atoms with Gasteiger partial charge in [-0.3, -0.25) is 4.79 Å². The van der Waals surface area contributed by atoms with Crippen molar-refractivity contribution in [3.8, 4) is 0 Å². The fraction of sp³-hybridized carbons (Fsp3) is 0.923. The molecule has 0 aromatic heterocycles. The molecule has 0 saturated carbocycles. The summed E-state index contributed by atoms with van der Waals surface area (Å²) >= 11 is 0. The van der Waals surface area contributed by atoms with Crippen LogP contribution in [0.3, 0.4) is 0 Å². The monoisotopic (exact) mass is 227 g/mol. The number of rotatable bonds is 5. The molecule has 1 rings (SSSR count). The topological polar surface area (TPSA) is 38.3 Å². The van der Waals surface area contributed by atoms with E-state index >= 15 is 0 Å². The van der Waals surface area contributed by atoms with E-state index < -0.39 is 0 Å². The molecule has 0 radical (unpaired) electrons. The number of hydrogen-bond donors (Lipinski definition) is 1. The van der Waals surface area contributed by atoms with Gasteiger partial charge in [-0.1, -0.05) is 20.3 Å². The summed E-state index contributed by atoms with van der Waals surface area (Å²) in [7, 11) is 0. The van der Waals surface area contributed by atoms with Gasteiger partial charge in [0.2, 0.25) is 0 Å². The molecule has 0 bridgehead atoms. The Morgan fingerprint density at radius 3 is 2.75 bits per heavy atom. The van der Waals surface area contributed by atoms with Crippen molar-refractivity contribution in [2.45, 2.75) is 59.0 Å². The maximum absolute atomic E-state index is 12.2. The Morgan fingerprint density at radius 2 is 2.25 bits per heavy atom. The van der Waals surface area contributed by atoms with Crippen molar-refractivity contribution in [1.29, 1.82) is 0 Å². The van der Waals surface area contributed by atoms with Crippen molar-refractivity contribution in [3.05, 3.63) is 0 Å². The molecular formula is C13H25NO2. The average molecular weight is 227 g/mol. The van der Waals surface area contributed by atoms with Crippen LogP contribution in [0, 0.1) is 5.41 Å². The highest BCUT2D eigenvalue weighted by Crippen LogP contribution is 2.33. The number of carbonyl (C=O) groups is 1. The highest BCUT2D eigenvalue weighted by atomic mass is 16.5. The number of carbonyl (C=O) groups excluding carboxylic acids is 1. The average Bonchev–Trinajstić information content (AvgIpc) is 2.30. The molecule has 0 aromatic rings. The highest BCUT2D eigenvalue weighted by molar-refractivity contribution is 5.77. The normalized spacial score (nSPS) is 27.4. The number of esters is 1. The van der Waals surface area contributed by atoms with Gasteiger partial charge >= 0.3 is 5.97 Å². The van der Waals surface area contributed by atoms with Gasteiger partial charge in [0, 0.05) is 6.54 Å². The molecule has 0 amide bonds. The van der Waals surface area contributed by atoms with E-state index in [-0.39, 0.29) is 17.5 Å². The Labute approximate surface area is 98.9 Å². The Kier molecular flexibility index (Phi) is 5.26. The molecule has 3 nitrogen and oxygen atoms in total. The predicted molar refractivity (Wildman–Crippen MR) is 65.3 cm³/mol. The lowest BCUT2D eigenvalue weighted by molar-refractivity contribution is -0.162. The van der Waals surface area contributed by atoms with Crippen LogP contribution in [0.25, 0.3) is 0 Å².